The van der Waals surface area contributed by atoms with Crippen LogP contribution >= 0.6 is 0 Å². The molecule has 2 aliphatic rings. The van der Waals surface area contributed by atoms with E-state index in [-0.39, 0.29) is 6.61 Å². The van der Waals surface area contributed by atoms with Gasteiger partial charge in [-0.15, -0.1) is 0 Å². The highest BCUT2D eigenvalue weighted by atomic mass is 16.6. The molecule has 3 N–H and O–H groups in total. The first-order valence-corrected chi connectivity index (χ1v) is 11.1. The molecule has 4 aromatic rings. The topological polar surface area (TPSA) is 115 Å². The quantitative estimate of drug-likeness (QED) is 0.411. The maximum Gasteiger partial charge on any atom is 0.167 e. The number of anilines is 1. The first-order chi connectivity index (χ1) is 16.2. The van der Waals surface area contributed by atoms with Crippen molar-refractivity contribution in [2.75, 3.05) is 25.6 Å². The molecule has 1 fully saturated rings. The number of benzene rings is 2. The summed E-state index contributed by atoms with van der Waals surface area (Å²) in [5.41, 5.74) is 3.93. The SMILES string of the molecule is COC1C(O)[C@@H](CO)O[C@H]1n1cnc2c(NCC3Cc4cccc5cccc3c45)ncnc21. The van der Waals surface area contributed by atoms with Gasteiger partial charge in [0.15, 0.2) is 23.2 Å². The maximum absolute atomic E-state index is 10.4. The van der Waals surface area contributed by atoms with Crippen molar-refractivity contribution in [2.45, 2.75) is 36.9 Å². The standard InChI is InChI=1S/C24H25N5O4/c1-32-21-20(31)17(10-30)33-24(21)29-12-28-19-22(26-11-27-23(19)29)25-9-15-8-14-6-2-4-13-5-3-7-16(15)18(13)14/h2-7,11-12,15,17,20-21,24,30-31H,8-10H2,1H3,(H,25,26,27)/t15?,17-,20?,21?,24-/m1/s1. The highest BCUT2D eigenvalue weighted by Crippen LogP contribution is 2.38. The van der Waals surface area contributed by atoms with Gasteiger partial charge in [0.1, 0.15) is 24.6 Å². The molecule has 0 spiro atoms. The molecule has 33 heavy (non-hydrogen) atoms. The molecule has 9 nitrogen and oxygen atoms in total. The smallest absolute Gasteiger partial charge is 0.167 e. The Labute approximate surface area is 190 Å². The van der Waals surface area contributed by atoms with E-state index in [2.05, 4.69) is 56.7 Å². The number of aromatic nitrogens is 4. The third-order valence-corrected chi connectivity index (χ3v) is 6.84. The summed E-state index contributed by atoms with van der Waals surface area (Å²) in [5, 5.41) is 26.0. The Morgan fingerprint density at radius 2 is 2.03 bits per heavy atom. The number of hydrogen-bond acceptors (Lipinski definition) is 8. The molecule has 2 aromatic heterocycles. The van der Waals surface area contributed by atoms with Crippen LogP contribution in [0.3, 0.4) is 0 Å². The largest absolute Gasteiger partial charge is 0.394 e. The monoisotopic (exact) mass is 447 g/mol. The predicted octanol–water partition coefficient (Wildman–Crippen LogP) is 2.00. The van der Waals surface area contributed by atoms with Gasteiger partial charge in [-0.3, -0.25) is 4.57 Å². The molecular formula is C24H25N5O4. The molecule has 5 atom stereocenters. The number of methoxy groups -OCH3 is 1. The number of hydrogen-bond donors (Lipinski definition) is 3. The molecule has 0 saturated carbocycles. The van der Waals surface area contributed by atoms with Crippen LogP contribution in [0.4, 0.5) is 5.82 Å². The number of aliphatic hydroxyl groups is 2. The van der Waals surface area contributed by atoms with E-state index in [0.717, 1.165) is 13.0 Å². The van der Waals surface area contributed by atoms with E-state index < -0.39 is 24.5 Å². The van der Waals surface area contributed by atoms with Crippen molar-refractivity contribution in [3.63, 3.8) is 0 Å². The van der Waals surface area contributed by atoms with Crippen LogP contribution in [0.25, 0.3) is 21.9 Å². The van der Waals surface area contributed by atoms with Gasteiger partial charge in [0.25, 0.3) is 0 Å². The molecule has 0 radical (unpaired) electrons. The Hall–Kier alpha value is -3.11. The first kappa shape index (κ1) is 20.5. The lowest BCUT2D eigenvalue weighted by Crippen LogP contribution is -2.34. The van der Waals surface area contributed by atoms with E-state index in [9.17, 15) is 10.2 Å². The summed E-state index contributed by atoms with van der Waals surface area (Å²) in [6, 6.07) is 13.0. The summed E-state index contributed by atoms with van der Waals surface area (Å²) in [5.74, 6) is 0.989. The van der Waals surface area contributed by atoms with E-state index >= 15 is 0 Å². The minimum atomic E-state index is -0.950. The van der Waals surface area contributed by atoms with Gasteiger partial charge < -0.3 is 25.0 Å². The number of ether oxygens (including phenoxy) is 2. The minimum absolute atomic E-state index is 0.303. The third kappa shape index (κ3) is 3.19. The van der Waals surface area contributed by atoms with Gasteiger partial charge in [0.2, 0.25) is 0 Å². The van der Waals surface area contributed by atoms with Gasteiger partial charge in [-0.2, -0.15) is 0 Å². The molecule has 170 valence electrons. The molecule has 6 rings (SSSR count). The van der Waals surface area contributed by atoms with Crippen LogP contribution in [0, 0.1) is 0 Å². The highest BCUT2D eigenvalue weighted by molar-refractivity contribution is 5.91. The number of aliphatic hydroxyl groups excluding tert-OH is 2. The summed E-state index contributed by atoms with van der Waals surface area (Å²) < 4.78 is 13.0. The van der Waals surface area contributed by atoms with Crippen LogP contribution in [-0.2, 0) is 15.9 Å². The van der Waals surface area contributed by atoms with Crippen molar-refractivity contribution in [1.82, 2.24) is 19.5 Å². The lowest BCUT2D eigenvalue weighted by atomic mass is 10.00. The van der Waals surface area contributed by atoms with Crippen LogP contribution < -0.4 is 5.32 Å². The Kier molecular flexibility index (Phi) is 4.99. The predicted molar refractivity (Wildman–Crippen MR) is 122 cm³/mol. The van der Waals surface area contributed by atoms with Gasteiger partial charge in [0.05, 0.1) is 12.9 Å². The van der Waals surface area contributed by atoms with Crippen LogP contribution in [0.15, 0.2) is 49.1 Å². The molecule has 1 aliphatic carbocycles. The van der Waals surface area contributed by atoms with E-state index in [1.54, 1.807) is 10.9 Å². The van der Waals surface area contributed by atoms with Gasteiger partial charge in [-0.25, -0.2) is 15.0 Å². The lowest BCUT2D eigenvalue weighted by Gasteiger charge is -2.20. The second-order valence-corrected chi connectivity index (χ2v) is 8.63. The van der Waals surface area contributed by atoms with E-state index in [0.29, 0.717) is 22.9 Å². The molecule has 0 amide bonds. The summed E-state index contributed by atoms with van der Waals surface area (Å²) >= 11 is 0. The molecule has 2 aromatic carbocycles. The van der Waals surface area contributed by atoms with Crippen molar-refractivity contribution < 1.29 is 19.7 Å². The second-order valence-electron chi connectivity index (χ2n) is 8.63. The minimum Gasteiger partial charge on any atom is -0.394 e. The number of nitrogens with one attached hydrogen (secondary N) is 1. The van der Waals surface area contributed by atoms with Gasteiger partial charge >= 0.3 is 0 Å². The molecule has 0 bridgehead atoms. The number of nitrogens with zero attached hydrogens (tertiary/aromatic N) is 4. The zero-order valence-electron chi connectivity index (χ0n) is 18.1. The van der Waals surface area contributed by atoms with Gasteiger partial charge in [-0.05, 0) is 28.3 Å². The van der Waals surface area contributed by atoms with Crippen LogP contribution in [0.1, 0.15) is 23.3 Å². The number of rotatable bonds is 6. The zero-order chi connectivity index (χ0) is 22.5. The molecule has 3 unspecified atom stereocenters. The van der Waals surface area contributed by atoms with Crippen molar-refractivity contribution in [1.29, 1.82) is 0 Å². The summed E-state index contributed by atoms with van der Waals surface area (Å²) in [6.07, 6.45) is 1.10. The molecule has 1 saturated heterocycles. The van der Waals surface area contributed by atoms with Crippen molar-refractivity contribution >= 4 is 27.8 Å². The van der Waals surface area contributed by atoms with E-state index in [1.165, 1.54) is 35.3 Å². The molecule has 9 heteroatoms. The van der Waals surface area contributed by atoms with Crippen molar-refractivity contribution in [2.24, 2.45) is 0 Å². The fourth-order valence-electron chi connectivity index (χ4n) is 5.25. The molecular weight excluding hydrogens is 422 g/mol. The summed E-state index contributed by atoms with van der Waals surface area (Å²) in [7, 11) is 1.51. The molecule has 1 aliphatic heterocycles. The highest BCUT2D eigenvalue weighted by Gasteiger charge is 2.45. The van der Waals surface area contributed by atoms with Gasteiger partial charge in [0, 0.05) is 19.6 Å². The average molecular weight is 447 g/mol. The Balaban J connectivity index is 1.27. The lowest BCUT2D eigenvalue weighted by molar-refractivity contribution is -0.0583. The Morgan fingerprint density at radius 3 is 2.85 bits per heavy atom. The maximum atomic E-state index is 10.4. The van der Waals surface area contributed by atoms with E-state index in [4.69, 9.17) is 9.47 Å². The fraction of sp³-hybridized carbons (Fsp3) is 0.375. The average Bonchev–Trinajstić information content (AvgIpc) is 3.52. The normalized spacial score (nSPS) is 26.5. The molecule has 3 heterocycles. The van der Waals surface area contributed by atoms with Crippen molar-refractivity contribution in [3.05, 3.63) is 60.2 Å². The summed E-state index contributed by atoms with van der Waals surface area (Å²) in [6.45, 7) is 0.418. The van der Waals surface area contributed by atoms with Crippen LogP contribution in [0.5, 0.6) is 0 Å². The Morgan fingerprint density at radius 1 is 1.18 bits per heavy atom. The third-order valence-electron chi connectivity index (χ3n) is 6.84. The number of imidazole rings is 1. The fourth-order valence-corrected chi connectivity index (χ4v) is 5.25. The summed E-state index contributed by atoms with van der Waals surface area (Å²) in [4.78, 5) is 13.4. The van der Waals surface area contributed by atoms with E-state index in [1.807, 2.05) is 0 Å². The van der Waals surface area contributed by atoms with Crippen molar-refractivity contribution in [3.8, 4) is 0 Å². The second kappa shape index (κ2) is 8.03. The number of fused-ring (bicyclic) bond motifs is 1. The zero-order valence-corrected chi connectivity index (χ0v) is 18.1. The Bertz CT molecular complexity index is 1320. The van der Waals surface area contributed by atoms with Gasteiger partial charge in [-0.1, -0.05) is 36.4 Å². The van der Waals surface area contributed by atoms with Crippen LogP contribution in [0.2, 0.25) is 0 Å². The first-order valence-electron chi connectivity index (χ1n) is 11.1. The van der Waals surface area contributed by atoms with Crippen LogP contribution in [-0.4, -0.2) is 68.3 Å².